The van der Waals surface area contributed by atoms with Gasteiger partial charge in [-0.05, 0) is 42.3 Å². The van der Waals surface area contributed by atoms with Crippen molar-refractivity contribution in [1.29, 1.82) is 0 Å². The highest BCUT2D eigenvalue weighted by molar-refractivity contribution is 7.76. The maximum absolute atomic E-state index is 11.5. The molecule has 25 heavy (non-hydrogen) atoms. The van der Waals surface area contributed by atoms with Crippen LogP contribution in [-0.4, -0.2) is 37.7 Å². The smallest absolute Gasteiger partial charge is 0.339 e. The van der Waals surface area contributed by atoms with Crippen LogP contribution in [0, 0.1) is 0 Å². The Labute approximate surface area is 158 Å². The second kappa shape index (κ2) is 9.26. The highest BCUT2D eigenvalue weighted by Gasteiger charge is 2.11. The van der Waals surface area contributed by atoms with E-state index in [1.807, 2.05) is 0 Å². The predicted octanol–water partition coefficient (Wildman–Crippen LogP) is 3.01. The van der Waals surface area contributed by atoms with Crippen molar-refractivity contribution in [1.82, 2.24) is 9.29 Å². The Morgan fingerprint density at radius 1 is 1.28 bits per heavy atom. The molecule has 0 saturated carbocycles. The van der Waals surface area contributed by atoms with Crippen LogP contribution in [0.5, 0.6) is 0 Å². The van der Waals surface area contributed by atoms with E-state index >= 15 is 0 Å². The number of hydrogen-bond donors (Lipinski definition) is 0. The molecule has 0 amide bonds. The first-order chi connectivity index (χ1) is 11.9. The summed E-state index contributed by atoms with van der Waals surface area (Å²) in [5.74, 6) is -0.499. The zero-order valence-electron chi connectivity index (χ0n) is 13.3. The number of pyridine rings is 1. The van der Waals surface area contributed by atoms with Gasteiger partial charge in [0, 0.05) is 34.1 Å². The van der Waals surface area contributed by atoms with Crippen LogP contribution in [-0.2, 0) is 29.0 Å². The normalized spacial score (nSPS) is 12.2. The van der Waals surface area contributed by atoms with Crippen LogP contribution in [0.4, 0.5) is 0 Å². The lowest BCUT2D eigenvalue weighted by Gasteiger charge is -2.24. The Kier molecular flexibility index (Phi) is 7.34. The molecule has 1 unspecified atom stereocenters. The summed E-state index contributed by atoms with van der Waals surface area (Å²) in [5, 5.41) is 0.995. The molecule has 1 atom stereocenters. The molecule has 134 valence electrons. The predicted molar refractivity (Wildman–Crippen MR) is 95.1 cm³/mol. The maximum Gasteiger partial charge on any atom is 0.339 e. The Balaban J connectivity index is 2.03. The van der Waals surface area contributed by atoms with E-state index in [0.29, 0.717) is 27.7 Å². The van der Waals surface area contributed by atoms with Crippen molar-refractivity contribution in [3.05, 3.63) is 63.4 Å². The monoisotopic (exact) mass is 401 g/mol. The van der Waals surface area contributed by atoms with Gasteiger partial charge in [0.1, 0.15) is 0 Å². The first-order valence-corrected chi connectivity index (χ1v) is 9.00. The van der Waals surface area contributed by atoms with Gasteiger partial charge < -0.3 is 9.29 Å². The minimum atomic E-state index is -2.42. The molecule has 2 aromatic rings. The summed E-state index contributed by atoms with van der Waals surface area (Å²) in [6.45, 7) is 0.332. The topological polar surface area (TPSA) is 82.6 Å². The molecule has 0 aliphatic carbocycles. The molecule has 0 spiro atoms. The number of hydrogen-bond acceptors (Lipinski definition) is 5. The second-order valence-corrected chi connectivity index (χ2v) is 6.96. The standard InChI is InChI=1S/C16H16Cl2N2O4S/c1-24-16(21)12-2-3-15(19-9-12)10-20(25(22)23)5-4-11-6-13(17)8-14(18)7-11/h2-3,6-9H,4-5,10H2,1H3,(H,22,23)/p-1. The van der Waals surface area contributed by atoms with Crippen molar-refractivity contribution in [2.24, 2.45) is 0 Å². The quantitative estimate of drug-likeness (QED) is 0.525. The number of ether oxygens (including phenoxy) is 1. The van der Waals surface area contributed by atoms with Crippen molar-refractivity contribution in [3.8, 4) is 0 Å². The SMILES string of the molecule is COC(=O)c1ccc(CN(CCc2cc(Cl)cc(Cl)c2)S(=O)[O-])nc1. The largest absolute Gasteiger partial charge is 0.760 e. The number of nitrogens with zero attached hydrogens (tertiary/aromatic N) is 2. The van der Waals surface area contributed by atoms with Gasteiger partial charge in [-0.15, -0.1) is 0 Å². The molecule has 0 aliphatic rings. The molecule has 2 rings (SSSR count). The molecule has 0 aliphatic heterocycles. The number of rotatable bonds is 7. The summed E-state index contributed by atoms with van der Waals surface area (Å²) in [5.41, 5.74) is 1.65. The molecule has 9 heteroatoms. The number of esters is 1. The second-order valence-electron chi connectivity index (χ2n) is 5.14. The van der Waals surface area contributed by atoms with E-state index in [1.165, 1.54) is 23.7 Å². The number of benzene rings is 1. The number of halogens is 2. The van der Waals surface area contributed by atoms with E-state index in [9.17, 15) is 13.6 Å². The highest BCUT2D eigenvalue weighted by Crippen LogP contribution is 2.20. The Morgan fingerprint density at radius 2 is 1.96 bits per heavy atom. The van der Waals surface area contributed by atoms with E-state index in [1.54, 1.807) is 24.3 Å². The fourth-order valence-electron chi connectivity index (χ4n) is 2.15. The fourth-order valence-corrected chi connectivity index (χ4v) is 3.20. The van der Waals surface area contributed by atoms with Crippen LogP contribution >= 0.6 is 23.2 Å². The van der Waals surface area contributed by atoms with E-state index in [-0.39, 0.29) is 13.1 Å². The summed E-state index contributed by atoms with van der Waals surface area (Å²) in [6.07, 6.45) is 1.80. The first-order valence-electron chi connectivity index (χ1n) is 7.21. The summed E-state index contributed by atoms with van der Waals surface area (Å²) in [4.78, 5) is 15.5. The van der Waals surface area contributed by atoms with Crippen LogP contribution in [0.25, 0.3) is 0 Å². The van der Waals surface area contributed by atoms with Crippen LogP contribution in [0.1, 0.15) is 21.6 Å². The van der Waals surface area contributed by atoms with Gasteiger partial charge in [-0.2, -0.15) is 0 Å². The van der Waals surface area contributed by atoms with Gasteiger partial charge in [0.05, 0.1) is 24.9 Å². The summed E-state index contributed by atoms with van der Waals surface area (Å²) in [7, 11) is 1.28. The van der Waals surface area contributed by atoms with Crippen LogP contribution < -0.4 is 0 Å². The van der Waals surface area contributed by atoms with E-state index in [4.69, 9.17) is 23.2 Å². The van der Waals surface area contributed by atoms with Gasteiger partial charge in [0.2, 0.25) is 0 Å². The molecule has 1 aromatic carbocycles. The summed E-state index contributed by atoms with van der Waals surface area (Å²) >= 11 is 9.47. The molecule has 6 nitrogen and oxygen atoms in total. The molecule has 0 N–H and O–H groups in total. The van der Waals surface area contributed by atoms with E-state index < -0.39 is 17.2 Å². The van der Waals surface area contributed by atoms with E-state index in [2.05, 4.69) is 9.72 Å². The van der Waals surface area contributed by atoms with Crippen molar-refractivity contribution in [3.63, 3.8) is 0 Å². The lowest BCUT2D eigenvalue weighted by molar-refractivity contribution is 0.0600. The molecule has 0 bridgehead atoms. The summed E-state index contributed by atoms with van der Waals surface area (Å²) < 4.78 is 28.7. The average Bonchev–Trinajstić information content (AvgIpc) is 2.57. The molecule has 1 heterocycles. The molecular formula is C16H15Cl2N2O4S-. The van der Waals surface area contributed by atoms with Crippen LogP contribution in [0.2, 0.25) is 10.0 Å². The third-order valence-corrected chi connectivity index (χ3v) is 4.54. The number of carbonyl (C=O) groups excluding carboxylic acids is 1. The third kappa shape index (κ3) is 6.05. The van der Waals surface area contributed by atoms with Crippen LogP contribution in [0.3, 0.4) is 0 Å². The van der Waals surface area contributed by atoms with Gasteiger partial charge in [-0.25, -0.2) is 9.10 Å². The third-order valence-electron chi connectivity index (χ3n) is 3.37. The molecule has 1 aromatic heterocycles. The molecule has 0 fully saturated rings. The van der Waals surface area contributed by atoms with Gasteiger partial charge in [0.15, 0.2) is 0 Å². The minimum Gasteiger partial charge on any atom is -0.760 e. The average molecular weight is 402 g/mol. The van der Waals surface area contributed by atoms with Gasteiger partial charge in [-0.3, -0.25) is 9.19 Å². The zero-order valence-corrected chi connectivity index (χ0v) is 15.6. The number of carbonyl (C=O) groups is 1. The Hall–Kier alpha value is -1.51. The zero-order chi connectivity index (χ0) is 18.4. The molecular weight excluding hydrogens is 387 g/mol. The first kappa shape index (κ1) is 19.8. The number of aromatic nitrogens is 1. The minimum absolute atomic E-state index is 0.0891. The van der Waals surface area contributed by atoms with Crippen molar-refractivity contribution in [2.45, 2.75) is 13.0 Å². The fraction of sp³-hybridized carbons (Fsp3) is 0.250. The Bertz CT molecular complexity index is 751. The van der Waals surface area contributed by atoms with Crippen molar-refractivity contribution < 1.29 is 18.3 Å². The summed E-state index contributed by atoms with van der Waals surface area (Å²) in [6, 6.07) is 8.22. The lowest BCUT2D eigenvalue weighted by atomic mass is 10.1. The lowest BCUT2D eigenvalue weighted by Crippen LogP contribution is -2.28. The molecule has 0 saturated heterocycles. The number of methoxy groups -OCH3 is 1. The van der Waals surface area contributed by atoms with Crippen molar-refractivity contribution in [2.75, 3.05) is 13.7 Å². The van der Waals surface area contributed by atoms with Crippen molar-refractivity contribution >= 4 is 40.4 Å². The molecule has 0 radical (unpaired) electrons. The maximum atomic E-state index is 11.5. The van der Waals surface area contributed by atoms with Gasteiger partial charge in [-0.1, -0.05) is 23.2 Å². The van der Waals surface area contributed by atoms with Gasteiger partial charge >= 0.3 is 5.97 Å². The Morgan fingerprint density at radius 3 is 2.48 bits per heavy atom. The van der Waals surface area contributed by atoms with E-state index in [0.717, 1.165) is 5.56 Å². The van der Waals surface area contributed by atoms with Gasteiger partial charge in [0.25, 0.3) is 0 Å². The highest BCUT2D eigenvalue weighted by atomic mass is 35.5. The van der Waals surface area contributed by atoms with Crippen LogP contribution in [0.15, 0.2) is 36.5 Å².